The van der Waals surface area contributed by atoms with Crippen molar-refractivity contribution in [1.82, 2.24) is 9.55 Å². The zero-order chi connectivity index (χ0) is 15.7. The van der Waals surface area contributed by atoms with Gasteiger partial charge in [-0.2, -0.15) is 0 Å². The first-order chi connectivity index (χ1) is 9.74. The fourth-order valence-electron chi connectivity index (χ4n) is 3.60. The van der Waals surface area contributed by atoms with E-state index in [0.717, 1.165) is 37.9 Å². The molecule has 1 saturated carbocycles. The van der Waals surface area contributed by atoms with Crippen LogP contribution >= 0.6 is 0 Å². The lowest BCUT2D eigenvalue weighted by atomic mass is 9.62. The quantitative estimate of drug-likeness (QED) is 0.921. The van der Waals surface area contributed by atoms with Crippen molar-refractivity contribution < 1.29 is 9.90 Å². The molecule has 118 valence electrons. The van der Waals surface area contributed by atoms with Gasteiger partial charge in [-0.25, -0.2) is 4.98 Å². The summed E-state index contributed by atoms with van der Waals surface area (Å²) in [6.45, 7) is 6.79. The lowest BCUT2D eigenvalue weighted by Crippen LogP contribution is -2.38. The van der Waals surface area contributed by atoms with E-state index in [2.05, 4.69) is 25.8 Å². The van der Waals surface area contributed by atoms with Crippen molar-refractivity contribution in [2.45, 2.75) is 59.3 Å². The molecule has 0 radical (unpaired) electrons. The number of aliphatic carboxylic acids is 1. The highest BCUT2D eigenvalue weighted by Crippen LogP contribution is 2.47. The van der Waals surface area contributed by atoms with Crippen LogP contribution in [0.25, 0.3) is 0 Å². The second kappa shape index (κ2) is 5.82. The summed E-state index contributed by atoms with van der Waals surface area (Å²) >= 11 is 0. The third-order valence-electron chi connectivity index (χ3n) is 5.37. The van der Waals surface area contributed by atoms with Gasteiger partial charge < -0.3 is 9.67 Å². The summed E-state index contributed by atoms with van der Waals surface area (Å²) in [6.07, 6.45) is 8.79. The molecule has 4 heteroatoms. The molecule has 0 aromatic carbocycles. The first-order valence-electron chi connectivity index (χ1n) is 7.94. The molecule has 0 amide bonds. The van der Waals surface area contributed by atoms with Crippen LogP contribution in [0.1, 0.15) is 58.7 Å². The van der Waals surface area contributed by atoms with Gasteiger partial charge in [-0.1, -0.05) is 20.8 Å². The van der Waals surface area contributed by atoms with Crippen molar-refractivity contribution in [2.75, 3.05) is 0 Å². The van der Waals surface area contributed by atoms with Gasteiger partial charge >= 0.3 is 5.97 Å². The van der Waals surface area contributed by atoms with Crippen LogP contribution in [0.15, 0.2) is 12.4 Å². The molecule has 0 spiro atoms. The van der Waals surface area contributed by atoms with E-state index in [-0.39, 0.29) is 5.41 Å². The van der Waals surface area contributed by atoms with Crippen LogP contribution in [0.4, 0.5) is 0 Å². The summed E-state index contributed by atoms with van der Waals surface area (Å²) in [5.41, 5.74) is -0.266. The summed E-state index contributed by atoms with van der Waals surface area (Å²) in [5, 5.41) is 9.75. The van der Waals surface area contributed by atoms with Gasteiger partial charge in [-0.3, -0.25) is 4.79 Å². The minimum absolute atomic E-state index is 0.282. The molecule has 0 unspecified atom stereocenters. The van der Waals surface area contributed by atoms with Gasteiger partial charge in [0.2, 0.25) is 0 Å². The molecule has 1 aromatic rings. The predicted molar refractivity (Wildman–Crippen MR) is 83.0 cm³/mol. The fraction of sp³-hybridized carbons (Fsp3) is 0.765. The molecule has 2 rings (SSSR count). The van der Waals surface area contributed by atoms with E-state index in [9.17, 15) is 9.90 Å². The number of carboxylic acid groups (broad SMARTS) is 1. The molecule has 1 fully saturated rings. The number of nitrogens with zero attached hydrogens (tertiary/aromatic N) is 2. The molecule has 0 atom stereocenters. The second-order valence-electron chi connectivity index (χ2n) is 7.68. The van der Waals surface area contributed by atoms with E-state index in [1.807, 2.05) is 17.8 Å². The zero-order valence-corrected chi connectivity index (χ0v) is 13.7. The minimum Gasteiger partial charge on any atom is -0.481 e. The van der Waals surface area contributed by atoms with Crippen LogP contribution in [0.3, 0.4) is 0 Å². The van der Waals surface area contributed by atoms with Crippen molar-refractivity contribution in [2.24, 2.45) is 23.8 Å². The van der Waals surface area contributed by atoms with Gasteiger partial charge in [0.25, 0.3) is 0 Å². The molecule has 1 aromatic heterocycles. The van der Waals surface area contributed by atoms with E-state index in [0.29, 0.717) is 12.3 Å². The summed E-state index contributed by atoms with van der Waals surface area (Å²) in [7, 11) is 1.96. The Balaban J connectivity index is 2.03. The smallest absolute Gasteiger partial charge is 0.309 e. The van der Waals surface area contributed by atoms with E-state index < -0.39 is 11.4 Å². The highest BCUT2D eigenvalue weighted by molar-refractivity contribution is 5.74. The van der Waals surface area contributed by atoms with Crippen LogP contribution in [-0.2, 0) is 18.3 Å². The van der Waals surface area contributed by atoms with Crippen LogP contribution in [0.2, 0.25) is 0 Å². The highest BCUT2D eigenvalue weighted by atomic mass is 16.4. The molecule has 1 heterocycles. The van der Waals surface area contributed by atoms with Gasteiger partial charge in [0.1, 0.15) is 5.82 Å². The van der Waals surface area contributed by atoms with E-state index in [1.54, 1.807) is 6.20 Å². The summed E-state index contributed by atoms with van der Waals surface area (Å²) < 4.78 is 1.98. The van der Waals surface area contributed by atoms with Crippen LogP contribution in [0, 0.1) is 16.7 Å². The standard InChI is InChI=1S/C17H28N2O2/c1-16(2,3)13-5-8-17(9-6-13,15(20)21)10-7-14-18-11-12-19(14)4/h11-13H,5-10H2,1-4H3,(H,20,21). The average Bonchev–Trinajstić information content (AvgIpc) is 2.81. The van der Waals surface area contributed by atoms with Gasteiger partial charge in [0.05, 0.1) is 5.41 Å². The van der Waals surface area contributed by atoms with Crippen LogP contribution < -0.4 is 0 Å². The Morgan fingerprint density at radius 1 is 1.43 bits per heavy atom. The molecule has 0 bridgehead atoms. The average molecular weight is 292 g/mol. The molecule has 0 aliphatic heterocycles. The lowest BCUT2D eigenvalue weighted by Gasteiger charge is -2.41. The minimum atomic E-state index is -0.621. The first-order valence-corrected chi connectivity index (χ1v) is 7.94. The number of imidazole rings is 1. The number of aromatic nitrogens is 2. The lowest BCUT2D eigenvalue weighted by molar-refractivity contribution is -0.152. The number of aryl methyl sites for hydroxylation is 2. The van der Waals surface area contributed by atoms with Gasteiger partial charge in [0, 0.05) is 25.9 Å². The van der Waals surface area contributed by atoms with Gasteiger partial charge in [0.15, 0.2) is 0 Å². The van der Waals surface area contributed by atoms with Crippen molar-refractivity contribution in [1.29, 1.82) is 0 Å². The molecule has 1 aliphatic rings. The maximum absolute atomic E-state index is 11.8. The summed E-state index contributed by atoms with van der Waals surface area (Å²) in [4.78, 5) is 16.2. The Bertz CT molecular complexity index is 491. The van der Waals surface area contributed by atoms with Gasteiger partial charge in [-0.15, -0.1) is 0 Å². The number of hydrogen-bond acceptors (Lipinski definition) is 2. The topological polar surface area (TPSA) is 55.1 Å². The Kier molecular flexibility index (Phi) is 4.45. The molecule has 0 saturated heterocycles. The van der Waals surface area contributed by atoms with Crippen molar-refractivity contribution in [3.63, 3.8) is 0 Å². The Hall–Kier alpha value is -1.32. The second-order valence-corrected chi connectivity index (χ2v) is 7.68. The zero-order valence-electron chi connectivity index (χ0n) is 13.7. The molecule has 4 nitrogen and oxygen atoms in total. The van der Waals surface area contributed by atoms with Crippen molar-refractivity contribution >= 4 is 5.97 Å². The third-order valence-corrected chi connectivity index (χ3v) is 5.37. The highest BCUT2D eigenvalue weighted by Gasteiger charge is 2.43. The molecular weight excluding hydrogens is 264 g/mol. The fourth-order valence-corrected chi connectivity index (χ4v) is 3.60. The molecule has 21 heavy (non-hydrogen) atoms. The Morgan fingerprint density at radius 3 is 2.48 bits per heavy atom. The molecule has 1 N–H and O–H groups in total. The van der Waals surface area contributed by atoms with Crippen LogP contribution in [0.5, 0.6) is 0 Å². The number of rotatable bonds is 4. The van der Waals surface area contributed by atoms with Gasteiger partial charge in [-0.05, 0) is 43.4 Å². The maximum Gasteiger partial charge on any atom is 0.309 e. The molecule has 1 aliphatic carbocycles. The monoisotopic (exact) mass is 292 g/mol. The summed E-state index contributed by atoms with van der Waals surface area (Å²) in [5.74, 6) is 0.996. The summed E-state index contributed by atoms with van der Waals surface area (Å²) in [6, 6.07) is 0. The Morgan fingerprint density at radius 2 is 2.05 bits per heavy atom. The number of carbonyl (C=O) groups is 1. The Labute approximate surface area is 127 Å². The van der Waals surface area contributed by atoms with Crippen LogP contribution in [-0.4, -0.2) is 20.6 Å². The SMILES string of the molecule is Cn1ccnc1CCC1(C(=O)O)CCC(C(C)(C)C)CC1. The largest absolute Gasteiger partial charge is 0.481 e. The van der Waals surface area contributed by atoms with Crippen molar-refractivity contribution in [3.05, 3.63) is 18.2 Å². The van der Waals surface area contributed by atoms with E-state index >= 15 is 0 Å². The normalized spacial score (nSPS) is 26.8. The predicted octanol–water partition coefficient (Wildman–Crippen LogP) is 3.66. The van der Waals surface area contributed by atoms with Crippen molar-refractivity contribution in [3.8, 4) is 0 Å². The van der Waals surface area contributed by atoms with E-state index in [4.69, 9.17) is 0 Å². The number of carboxylic acids is 1. The van der Waals surface area contributed by atoms with E-state index in [1.165, 1.54) is 0 Å². The first kappa shape index (κ1) is 16.1. The maximum atomic E-state index is 11.8. The number of hydrogen-bond donors (Lipinski definition) is 1. The molecular formula is C17H28N2O2. The third kappa shape index (κ3) is 3.47.